The Kier molecular flexibility index (Phi) is 2.56. The van der Waals surface area contributed by atoms with Gasteiger partial charge in [0.1, 0.15) is 5.82 Å². The van der Waals surface area contributed by atoms with Crippen molar-refractivity contribution in [1.29, 1.82) is 0 Å². The van der Waals surface area contributed by atoms with E-state index in [4.69, 9.17) is 11.6 Å². The topological polar surface area (TPSA) is 29.1 Å². The number of amides is 1. The fourth-order valence-electron chi connectivity index (χ4n) is 2.25. The van der Waals surface area contributed by atoms with Gasteiger partial charge in [-0.25, -0.2) is 4.39 Å². The van der Waals surface area contributed by atoms with Crippen LogP contribution in [0.3, 0.4) is 0 Å². The number of nitrogens with one attached hydrogen (secondary N) is 1. The van der Waals surface area contributed by atoms with Gasteiger partial charge in [-0.05, 0) is 29.8 Å². The first-order valence-electron chi connectivity index (χ1n) is 5.51. The van der Waals surface area contributed by atoms with E-state index in [1.807, 2.05) is 0 Å². The van der Waals surface area contributed by atoms with Gasteiger partial charge in [0.15, 0.2) is 0 Å². The van der Waals surface area contributed by atoms with Crippen molar-refractivity contribution in [2.45, 2.75) is 5.92 Å². The highest BCUT2D eigenvalue weighted by molar-refractivity contribution is 6.31. The largest absolute Gasteiger partial charge is 0.325 e. The van der Waals surface area contributed by atoms with Gasteiger partial charge in [-0.15, -0.1) is 0 Å². The number of hydrogen-bond acceptors (Lipinski definition) is 1. The third kappa shape index (κ3) is 1.68. The molecule has 2 aromatic rings. The molecule has 0 bridgehead atoms. The third-order valence-electron chi connectivity index (χ3n) is 3.06. The van der Waals surface area contributed by atoms with Crippen molar-refractivity contribution in [1.82, 2.24) is 0 Å². The number of hydrogen-bond donors (Lipinski definition) is 1. The minimum atomic E-state index is -0.625. The molecule has 1 unspecified atom stereocenters. The summed E-state index contributed by atoms with van der Waals surface area (Å²) >= 11 is 5.93. The second-order valence-corrected chi connectivity index (χ2v) is 4.61. The van der Waals surface area contributed by atoms with Crippen LogP contribution in [0.2, 0.25) is 5.02 Å². The van der Waals surface area contributed by atoms with E-state index >= 15 is 0 Å². The predicted molar refractivity (Wildman–Crippen MR) is 68.3 cm³/mol. The molecule has 0 saturated carbocycles. The highest BCUT2D eigenvalue weighted by Gasteiger charge is 2.33. The van der Waals surface area contributed by atoms with Crippen LogP contribution in [-0.2, 0) is 4.79 Å². The molecular formula is C14H9ClFNO. The summed E-state index contributed by atoms with van der Waals surface area (Å²) in [6, 6.07) is 11.4. The number of fused-ring (bicyclic) bond motifs is 1. The lowest BCUT2D eigenvalue weighted by molar-refractivity contribution is -0.116. The molecule has 1 amide bonds. The van der Waals surface area contributed by atoms with Crippen molar-refractivity contribution in [2.24, 2.45) is 0 Å². The van der Waals surface area contributed by atoms with Crippen LogP contribution >= 0.6 is 11.6 Å². The van der Waals surface area contributed by atoms with Crippen molar-refractivity contribution >= 4 is 23.2 Å². The molecule has 1 N–H and O–H groups in total. The zero-order chi connectivity index (χ0) is 12.7. The van der Waals surface area contributed by atoms with Crippen LogP contribution in [0.15, 0.2) is 42.5 Å². The fraction of sp³-hybridized carbons (Fsp3) is 0.0714. The van der Waals surface area contributed by atoms with E-state index in [1.165, 1.54) is 6.07 Å². The van der Waals surface area contributed by atoms with Crippen molar-refractivity contribution in [3.8, 4) is 0 Å². The van der Waals surface area contributed by atoms with Gasteiger partial charge in [-0.1, -0.05) is 29.8 Å². The standard InChI is InChI=1S/C14H9ClFNO/c15-8-5-6-12-10(7-8)13(14(18)17-12)9-3-1-2-4-11(9)16/h1-7,13H,(H,17,18). The smallest absolute Gasteiger partial charge is 0.236 e. The van der Waals surface area contributed by atoms with E-state index < -0.39 is 5.92 Å². The van der Waals surface area contributed by atoms with Crippen LogP contribution in [0.25, 0.3) is 0 Å². The van der Waals surface area contributed by atoms with Gasteiger partial charge in [0, 0.05) is 16.3 Å². The van der Waals surface area contributed by atoms with Crippen LogP contribution in [-0.4, -0.2) is 5.91 Å². The van der Waals surface area contributed by atoms with E-state index in [0.29, 0.717) is 16.3 Å². The molecule has 1 heterocycles. The average Bonchev–Trinajstić information content (AvgIpc) is 2.66. The second-order valence-electron chi connectivity index (χ2n) is 4.18. The van der Waals surface area contributed by atoms with Crippen LogP contribution < -0.4 is 5.32 Å². The second kappa shape index (κ2) is 4.10. The van der Waals surface area contributed by atoms with Gasteiger partial charge in [0.05, 0.1) is 5.92 Å². The number of carbonyl (C=O) groups is 1. The maximum absolute atomic E-state index is 13.8. The number of benzene rings is 2. The van der Waals surface area contributed by atoms with Crippen LogP contribution in [0.4, 0.5) is 10.1 Å². The summed E-state index contributed by atoms with van der Waals surface area (Å²) in [5, 5.41) is 3.27. The first-order valence-corrected chi connectivity index (χ1v) is 5.89. The van der Waals surface area contributed by atoms with Gasteiger partial charge < -0.3 is 5.32 Å². The van der Waals surface area contributed by atoms with E-state index in [1.54, 1.807) is 36.4 Å². The molecule has 1 aliphatic heterocycles. The molecule has 0 fully saturated rings. The molecule has 4 heteroatoms. The minimum absolute atomic E-state index is 0.225. The Morgan fingerprint density at radius 2 is 1.89 bits per heavy atom. The molecule has 90 valence electrons. The predicted octanol–water partition coefficient (Wildman–Crippen LogP) is 3.56. The SMILES string of the molecule is O=C1Nc2ccc(Cl)cc2C1c1ccccc1F. The summed E-state index contributed by atoms with van der Waals surface area (Å²) < 4.78 is 13.8. The molecule has 0 spiro atoms. The van der Waals surface area contributed by atoms with E-state index in [-0.39, 0.29) is 11.7 Å². The highest BCUT2D eigenvalue weighted by Crippen LogP contribution is 2.39. The monoisotopic (exact) mass is 261 g/mol. The molecule has 3 rings (SSSR count). The van der Waals surface area contributed by atoms with Crippen molar-refractivity contribution < 1.29 is 9.18 Å². The molecular weight excluding hydrogens is 253 g/mol. The highest BCUT2D eigenvalue weighted by atomic mass is 35.5. The summed E-state index contributed by atoms with van der Waals surface area (Å²) in [7, 11) is 0. The van der Waals surface area contributed by atoms with Gasteiger partial charge >= 0.3 is 0 Å². The Morgan fingerprint density at radius 3 is 2.67 bits per heavy atom. The molecule has 2 aromatic carbocycles. The first kappa shape index (κ1) is 11.2. The van der Waals surface area contributed by atoms with E-state index in [0.717, 1.165) is 5.56 Å². The van der Waals surface area contributed by atoms with Gasteiger partial charge in [0.2, 0.25) is 5.91 Å². The lowest BCUT2D eigenvalue weighted by Gasteiger charge is -2.10. The lowest BCUT2D eigenvalue weighted by atomic mass is 9.92. The average molecular weight is 262 g/mol. The lowest BCUT2D eigenvalue weighted by Crippen LogP contribution is -2.14. The molecule has 18 heavy (non-hydrogen) atoms. The molecule has 0 saturated heterocycles. The summed E-state index contributed by atoms with van der Waals surface area (Å²) in [4.78, 5) is 12.0. The van der Waals surface area contributed by atoms with Crippen LogP contribution in [0.5, 0.6) is 0 Å². The summed E-state index contributed by atoms with van der Waals surface area (Å²) in [5.41, 5.74) is 1.78. The van der Waals surface area contributed by atoms with Crippen molar-refractivity contribution in [3.05, 3.63) is 64.4 Å². The Bertz CT molecular complexity index is 641. The quantitative estimate of drug-likeness (QED) is 0.835. The summed E-state index contributed by atoms with van der Waals surface area (Å²) in [6.45, 7) is 0. The molecule has 0 aromatic heterocycles. The number of halogens is 2. The maximum atomic E-state index is 13.8. The van der Waals surface area contributed by atoms with Crippen LogP contribution in [0, 0.1) is 5.82 Å². The van der Waals surface area contributed by atoms with Gasteiger partial charge in [0.25, 0.3) is 0 Å². The Labute approximate surface area is 108 Å². The minimum Gasteiger partial charge on any atom is -0.325 e. The zero-order valence-electron chi connectivity index (χ0n) is 9.28. The summed E-state index contributed by atoms with van der Waals surface area (Å²) in [5.74, 6) is -1.23. The van der Waals surface area contributed by atoms with Gasteiger partial charge in [-0.3, -0.25) is 4.79 Å². The number of rotatable bonds is 1. The van der Waals surface area contributed by atoms with Crippen molar-refractivity contribution in [2.75, 3.05) is 5.32 Å². The van der Waals surface area contributed by atoms with Crippen LogP contribution in [0.1, 0.15) is 17.0 Å². The molecule has 2 nitrogen and oxygen atoms in total. The number of anilines is 1. The van der Waals surface area contributed by atoms with Gasteiger partial charge in [-0.2, -0.15) is 0 Å². The molecule has 0 aliphatic carbocycles. The normalized spacial score (nSPS) is 17.4. The Morgan fingerprint density at radius 1 is 1.11 bits per heavy atom. The number of carbonyl (C=O) groups excluding carboxylic acids is 1. The first-order chi connectivity index (χ1) is 8.66. The Balaban J connectivity index is 2.17. The summed E-state index contributed by atoms with van der Waals surface area (Å²) in [6.07, 6.45) is 0. The maximum Gasteiger partial charge on any atom is 0.236 e. The molecule has 0 radical (unpaired) electrons. The van der Waals surface area contributed by atoms with E-state index in [9.17, 15) is 9.18 Å². The zero-order valence-corrected chi connectivity index (χ0v) is 10.0. The fourth-order valence-corrected chi connectivity index (χ4v) is 2.43. The van der Waals surface area contributed by atoms with E-state index in [2.05, 4.69) is 5.32 Å². The Hall–Kier alpha value is -1.87. The van der Waals surface area contributed by atoms with Crippen molar-refractivity contribution in [3.63, 3.8) is 0 Å². The third-order valence-corrected chi connectivity index (χ3v) is 3.30. The molecule has 1 aliphatic rings. The molecule has 1 atom stereocenters.